The lowest BCUT2D eigenvalue weighted by atomic mass is 10.1. The van der Waals surface area contributed by atoms with Crippen LogP contribution in [0.1, 0.15) is 30.1 Å². The maximum absolute atomic E-state index is 13.7. The van der Waals surface area contributed by atoms with E-state index in [9.17, 15) is 18.7 Å². The summed E-state index contributed by atoms with van der Waals surface area (Å²) in [5.41, 5.74) is 0.801. The van der Waals surface area contributed by atoms with Gasteiger partial charge >= 0.3 is 6.03 Å². The molecule has 3 N–H and O–H groups in total. The van der Waals surface area contributed by atoms with E-state index in [0.717, 1.165) is 11.6 Å². The number of carbonyl (C=O) groups excluding carboxylic acids is 1. The van der Waals surface area contributed by atoms with E-state index in [1.165, 1.54) is 12.1 Å². The van der Waals surface area contributed by atoms with E-state index in [1.54, 1.807) is 31.2 Å². The van der Waals surface area contributed by atoms with Crippen LogP contribution in [0.2, 0.25) is 0 Å². The van der Waals surface area contributed by atoms with Gasteiger partial charge in [0.15, 0.2) is 11.6 Å². The SMILES string of the molecule is CC(NC(=O)NC(CO)c1ccccc1)c1cccc(F)c1F. The average Bonchev–Trinajstić information content (AvgIpc) is 2.55. The fourth-order valence-electron chi connectivity index (χ4n) is 2.25. The second-order valence-electron chi connectivity index (χ2n) is 5.13. The average molecular weight is 320 g/mol. The van der Waals surface area contributed by atoms with Gasteiger partial charge in [-0.1, -0.05) is 42.5 Å². The van der Waals surface area contributed by atoms with E-state index in [2.05, 4.69) is 10.6 Å². The second kappa shape index (κ2) is 7.69. The molecule has 0 heterocycles. The van der Waals surface area contributed by atoms with Crippen LogP contribution in [0.3, 0.4) is 0 Å². The Bertz CT molecular complexity index is 665. The number of nitrogens with one attached hydrogen (secondary N) is 2. The molecule has 2 amide bonds. The van der Waals surface area contributed by atoms with Gasteiger partial charge in [-0.25, -0.2) is 13.6 Å². The van der Waals surface area contributed by atoms with Crippen molar-refractivity contribution in [3.05, 3.63) is 71.3 Å². The van der Waals surface area contributed by atoms with E-state index < -0.39 is 29.7 Å². The molecule has 4 nitrogen and oxygen atoms in total. The molecule has 122 valence electrons. The zero-order valence-corrected chi connectivity index (χ0v) is 12.6. The molecular formula is C17H18F2N2O2. The molecule has 2 aromatic carbocycles. The molecule has 2 rings (SSSR count). The third-order valence-corrected chi connectivity index (χ3v) is 3.49. The van der Waals surface area contributed by atoms with Crippen LogP contribution in [0.15, 0.2) is 48.5 Å². The zero-order chi connectivity index (χ0) is 16.8. The van der Waals surface area contributed by atoms with Crippen molar-refractivity contribution in [3.8, 4) is 0 Å². The number of aliphatic hydroxyl groups is 1. The first-order chi connectivity index (χ1) is 11.0. The Morgan fingerprint density at radius 1 is 1.09 bits per heavy atom. The molecule has 0 fully saturated rings. The van der Waals surface area contributed by atoms with Gasteiger partial charge in [-0.3, -0.25) is 0 Å². The Hall–Kier alpha value is -2.47. The minimum absolute atomic E-state index is 0.0559. The van der Waals surface area contributed by atoms with Crippen molar-refractivity contribution in [1.82, 2.24) is 10.6 Å². The molecule has 0 bridgehead atoms. The molecule has 0 saturated carbocycles. The predicted octanol–water partition coefficient (Wildman–Crippen LogP) is 3.06. The van der Waals surface area contributed by atoms with Gasteiger partial charge in [0.2, 0.25) is 0 Å². The fraction of sp³-hybridized carbons (Fsp3) is 0.235. The van der Waals surface area contributed by atoms with Gasteiger partial charge < -0.3 is 15.7 Å². The van der Waals surface area contributed by atoms with Crippen LogP contribution in [0, 0.1) is 11.6 Å². The van der Waals surface area contributed by atoms with Gasteiger partial charge in [0.05, 0.1) is 18.7 Å². The van der Waals surface area contributed by atoms with Crippen LogP contribution in [0.25, 0.3) is 0 Å². The molecule has 6 heteroatoms. The molecule has 0 aliphatic rings. The van der Waals surface area contributed by atoms with Crippen molar-refractivity contribution in [2.24, 2.45) is 0 Å². The number of carbonyl (C=O) groups is 1. The number of benzene rings is 2. The highest BCUT2D eigenvalue weighted by Crippen LogP contribution is 2.19. The number of amides is 2. The summed E-state index contributed by atoms with van der Waals surface area (Å²) in [6.07, 6.45) is 0. The van der Waals surface area contributed by atoms with Gasteiger partial charge in [0.1, 0.15) is 0 Å². The number of urea groups is 1. The molecule has 0 aliphatic heterocycles. The molecule has 0 aromatic heterocycles. The fourth-order valence-corrected chi connectivity index (χ4v) is 2.25. The predicted molar refractivity (Wildman–Crippen MR) is 82.7 cm³/mol. The monoisotopic (exact) mass is 320 g/mol. The highest BCUT2D eigenvalue weighted by molar-refractivity contribution is 5.75. The summed E-state index contributed by atoms with van der Waals surface area (Å²) in [7, 11) is 0. The normalized spacial score (nSPS) is 13.2. The van der Waals surface area contributed by atoms with Gasteiger partial charge in [0, 0.05) is 5.56 Å². The lowest BCUT2D eigenvalue weighted by Crippen LogP contribution is -2.40. The van der Waals surface area contributed by atoms with E-state index in [4.69, 9.17) is 0 Å². The molecular weight excluding hydrogens is 302 g/mol. The van der Waals surface area contributed by atoms with Crippen molar-refractivity contribution in [3.63, 3.8) is 0 Å². The Morgan fingerprint density at radius 2 is 1.78 bits per heavy atom. The van der Waals surface area contributed by atoms with E-state index >= 15 is 0 Å². The van der Waals surface area contributed by atoms with Crippen molar-refractivity contribution < 1.29 is 18.7 Å². The quantitative estimate of drug-likeness (QED) is 0.793. The van der Waals surface area contributed by atoms with E-state index in [0.29, 0.717) is 0 Å². The zero-order valence-electron chi connectivity index (χ0n) is 12.6. The Labute approximate surface area is 133 Å². The maximum Gasteiger partial charge on any atom is 0.315 e. The number of hydrogen-bond acceptors (Lipinski definition) is 2. The lowest BCUT2D eigenvalue weighted by molar-refractivity contribution is 0.214. The Morgan fingerprint density at radius 3 is 2.43 bits per heavy atom. The van der Waals surface area contributed by atoms with Crippen LogP contribution in [-0.4, -0.2) is 17.7 Å². The first kappa shape index (κ1) is 16.9. The molecule has 2 atom stereocenters. The summed E-state index contributed by atoms with van der Waals surface area (Å²) in [5.74, 6) is -1.95. The van der Waals surface area contributed by atoms with E-state index in [-0.39, 0.29) is 12.2 Å². The summed E-state index contributed by atoms with van der Waals surface area (Å²) in [6.45, 7) is 1.27. The van der Waals surface area contributed by atoms with E-state index in [1.807, 2.05) is 6.07 Å². The standard InChI is InChI=1S/C17H18F2N2O2/c1-11(13-8-5-9-14(18)16(13)19)20-17(23)21-15(10-22)12-6-3-2-4-7-12/h2-9,11,15,22H,10H2,1H3,(H2,20,21,23). The summed E-state index contributed by atoms with van der Waals surface area (Å²) < 4.78 is 26.9. The lowest BCUT2D eigenvalue weighted by Gasteiger charge is -2.20. The summed E-state index contributed by atoms with van der Waals surface area (Å²) in [6, 6.07) is 10.9. The van der Waals surface area contributed by atoms with Gasteiger partial charge in [-0.05, 0) is 18.6 Å². The third kappa shape index (κ3) is 4.26. The Kier molecular flexibility index (Phi) is 5.65. The topological polar surface area (TPSA) is 61.4 Å². The molecule has 0 aliphatic carbocycles. The largest absolute Gasteiger partial charge is 0.394 e. The summed E-state index contributed by atoms with van der Waals surface area (Å²) >= 11 is 0. The minimum atomic E-state index is -0.984. The van der Waals surface area contributed by atoms with Crippen LogP contribution in [0.4, 0.5) is 13.6 Å². The molecule has 0 saturated heterocycles. The molecule has 23 heavy (non-hydrogen) atoms. The van der Waals surface area contributed by atoms with Crippen molar-refractivity contribution >= 4 is 6.03 Å². The third-order valence-electron chi connectivity index (χ3n) is 3.49. The van der Waals surface area contributed by atoms with Crippen molar-refractivity contribution in [2.45, 2.75) is 19.0 Å². The van der Waals surface area contributed by atoms with Crippen molar-refractivity contribution in [2.75, 3.05) is 6.61 Å². The maximum atomic E-state index is 13.7. The van der Waals surface area contributed by atoms with Gasteiger partial charge in [-0.2, -0.15) is 0 Å². The smallest absolute Gasteiger partial charge is 0.315 e. The number of rotatable bonds is 5. The molecule has 0 spiro atoms. The second-order valence-corrected chi connectivity index (χ2v) is 5.13. The van der Waals surface area contributed by atoms with Crippen LogP contribution < -0.4 is 10.6 Å². The van der Waals surface area contributed by atoms with Gasteiger partial charge in [-0.15, -0.1) is 0 Å². The summed E-state index contributed by atoms with van der Waals surface area (Å²) in [5, 5.41) is 14.5. The van der Waals surface area contributed by atoms with Gasteiger partial charge in [0.25, 0.3) is 0 Å². The first-order valence-electron chi connectivity index (χ1n) is 7.19. The Balaban J connectivity index is 2.02. The van der Waals surface area contributed by atoms with Crippen LogP contribution >= 0.6 is 0 Å². The number of hydrogen-bond donors (Lipinski definition) is 3. The van der Waals surface area contributed by atoms with Crippen LogP contribution in [-0.2, 0) is 0 Å². The molecule has 2 aromatic rings. The highest BCUT2D eigenvalue weighted by Gasteiger charge is 2.18. The molecule has 2 unspecified atom stereocenters. The molecule has 0 radical (unpaired) electrons. The van der Waals surface area contributed by atoms with Crippen LogP contribution in [0.5, 0.6) is 0 Å². The minimum Gasteiger partial charge on any atom is -0.394 e. The number of aliphatic hydroxyl groups excluding tert-OH is 1. The summed E-state index contributed by atoms with van der Waals surface area (Å²) in [4.78, 5) is 12.0. The highest BCUT2D eigenvalue weighted by atomic mass is 19.2. The number of halogens is 2. The van der Waals surface area contributed by atoms with Crippen molar-refractivity contribution in [1.29, 1.82) is 0 Å². The first-order valence-corrected chi connectivity index (χ1v) is 7.19.